The number of imidazole rings is 1. The van der Waals surface area contributed by atoms with Crippen molar-refractivity contribution in [3.63, 3.8) is 0 Å². The van der Waals surface area contributed by atoms with E-state index in [4.69, 9.17) is 10.2 Å². The summed E-state index contributed by atoms with van der Waals surface area (Å²) >= 11 is 1.61. The summed E-state index contributed by atoms with van der Waals surface area (Å²) < 4.78 is 1.88. The monoisotopic (exact) mass is 462 g/mol. The molecule has 1 aromatic carbocycles. The minimum Gasteiger partial charge on any atom is -0.478 e. The average Bonchev–Trinajstić information content (AvgIpc) is 3.56. The Bertz CT molecular complexity index is 1370. The average molecular weight is 463 g/mol. The number of fused-ring (bicyclic) bond motifs is 1. The van der Waals surface area contributed by atoms with Gasteiger partial charge < -0.3 is 5.11 Å². The SMILES string of the molecule is Cc1nc2cc(C(=O)O)ccn2c1-c1csc(C2(c3ccc(C(=O)NO)cc3)CCCC2)n1. The fourth-order valence-corrected chi connectivity index (χ4v) is 5.90. The number of hydroxylamine groups is 1. The van der Waals surface area contributed by atoms with Crippen LogP contribution in [0, 0.1) is 6.92 Å². The molecule has 1 aliphatic carbocycles. The van der Waals surface area contributed by atoms with Gasteiger partial charge in [-0.1, -0.05) is 25.0 Å². The number of hydrogen-bond acceptors (Lipinski definition) is 6. The van der Waals surface area contributed by atoms with Gasteiger partial charge in [-0.3, -0.25) is 14.4 Å². The highest BCUT2D eigenvalue weighted by Gasteiger charge is 2.40. The first-order valence-electron chi connectivity index (χ1n) is 10.7. The Morgan fingerprint density at radius 1 is 1.09 bits per heavy atom. The Kier molecular flexibility index (Phi) is 5.22. The van der Waals surface area contributed by atoms with Gasteiger partial charge in [0.05, 0.1) is 17.0 Å². The highest BCUT2D eigenvalue weighted by atomic mass is 32.1. The maximum Gasteiger partial charge on any atom is 0.335 e. The number of aromatic nitrogens is 3. The van der Waals surface area contributed by atoms with E-state index in [1.807, 2.05) is 28.8 Å². The Morgan fingerprint density at radius 3 is 2.48 bits per heavy atom. The third-order valence-electron chi connectivity index (χ3n) is 6.46. The number of benzene rings is 1. The lowest BCUT2D eigenvalue weighted by atomic mass is 9.79. The van der Waals surface area contributed by atoms with Crippen molar-refractivity contribution in [2.75, 3.05) is 0 Å². The lowest BCUT2D eigenvalue weighted by Gasteiger charge is -2.27. The number of nitrogens with zero attached hydrogens (tertiary/aromatic N) is 3. The van der Waals surface area contributed by atoms with Crippen molar-refractivity contribution in [1.29, 1.82) is 0 Å². The summed E-state index contributed by atoms with van der Waals surface area (Å²) in [5.74, 6) is -1.52. The maximum atomic E-state index is 11.7. The molecule has 168 valence electrons. The van der Waals surface area contributed by atoms with Crippen LogP contribution < -0.4 is 5.48 Å². The molecule has 4 aromatic rings. The van der Waals surface area contributed by atoms with E-state index in [1.54, 1.807) is 47.3 Å². The summed E-state index contributed by atoms with van der Waals surface area (Å²) in [5, 5.41) is 21.2. The standard InChI is InChI=1S/C24H22N4O4S/c1-14-20(28-11-8-16(22(30)31)12-19(28)25-14)18-13-33-23(26-18)24(9-2-3-10-24)17-6-4-15(5-7-17)21(29)27-32/h4-8,11-13,32H,2-3,9-10H2,1H3,(H,27,29)(H,30,31). The van der Waals surface area contributed by atoms with Crippen molar-refractivity contribution in [1.82, 2.24) is 19.8 Å². The smallest absolute Gasteiger partial charge is 0.335 e. The largest absolute Gasteiger partial charge is 0.478 e. The topological polar surface area (TPSA) is 117 Å². The molecule has 1 amide bonds. The van der Waals surface area contributed by atoms with E-state index in [0.717, 1.165) is 53.3 Å². The van der Waals surface area contributed by atoms with Gasteiger partial charge in [0.15, 0.2) is 0 Å². The van der Waals surface area contributed by atoms with Crippen molar-refractivity contribution in [3.05, 3.63) is 75.4 Å². The van der Waals surface area contributed by atoms with E-state index in [1.165, 1.54) is 0 Å². The normalized spacial score (nSPS) is 15.1. The summed E-state index contributed by atoms with van der Waals surface area (Å²) in [6.07, 6.45) is 5.86. The molecule has 3 aromatic heterocycles. The van der Waals surface area contributed by atoms with E-state index in [9.17, 15) is 14.7 Å². The molecule has 0 radical (unpaired) electrons. The summed E-state index contributed by atoms with van der Waals surface area (Å²) in [4.78, 5) is 32.6. The molecule has 3 heterocycles. The van der Waals surface area contributed by atoms with Gasteiger partial charge in [0, 0.05) is 22.6 Å². The zero-order valence-corrected chi connectivity index (χ0v) is 18.7. The van der Waals surface area contributed by atoms with Crippen molar-refractivity contribution in [2.45, 2.75) is 38.0 Å². The van der Waals surface area contributed by atoms with E-state index >= 15 is 0 Å². The number of hydrogen-bond donors (Lipinski definition) is 3. The summed E-state index contributed by atoms with van der Waals surface area (Å²) in [7, 11) is 0. The molecule has 0 saturated heterocycles. The van der Waals surface area contributed by atoms with E-state index in [0.29, 0.717) is 11.2 Å². The quantitative estimate of drug-likeness (QED) is 0.298. The first-order chi connectivity index (χ1) is 15.9. The fraction of sp³-hybridized carbons (Fsp3) is 0.250. The van der Waals surface area contributed by atoms with Gasteiger partial charge in [0.2, 0.25) is 0 Å². The Morgan fingerprint density at radius 2 is 1.82 bits per heavy atom. The van der Waals surface area contributed by atoms with Crippen LogP contribution in [-0.2, 0) is 5.41 Å². The Hall–Kier alpha value is -3.56. The molecule has 8 nitrogen and oxygen atoms in total. The Balaban J connectivity index is 1.56. The van der Waals surface area contributed by atoms with Crippen molar-refractivity contribution >= 4 is 28.9 Å². The van der Waals surface area contributed by atoms with Crippen LogP contribution in [0.5, 0.6) is 0 Å². The predicted molar refractivity (Wildman–Crippen MR) is 123 cm³/mol. The number of aryl methyl sites for hydroxylation is 1. The molecule has 0 unspecified atom stereocenters. The van der Waals surface area contributed by atoms with E-state index in [2.05, 4.69) is 4.98 Å². The van der Waals surface area contributed by atoms with E-state index in [-0.39, 0.29) is 11.0 Å². The number of amides is 1. The summed E-state index contributed by atoms with van der Waals surface area (Å²) in [6.45, 7) is 1.90. The number of carboxylic acid groups (broad SMARTS) is 1. The summed E-state index contributed by atoms with van der Waals surface area (Å²) in [6, 6.07) is 10.5. The van der Waals surface area contributed by atoms with Gasteiger partial charge in [0.1, 0.15) is 16.3 Å². The van der Waals surface area contributed by atoms with Crippen LogP contribution in [0.4, 0.5) is 0 Å². The van der Waals surface area contributed by atoms with Gasteiger partial charge >= 0.3 is 5.97 Å². The number of carboxylic acids is 1. The molecular weight excluding hydrogens is 440 g/mol. The lowest BCUT2D eigenvalue weighted by molar-refractivity contribution is 0.0693. The second-order valence-electron chi connectivity index (χ2n) is 8.34. The van der Waals surface area contributed by atoms with Crippen molar-refractivity contribution < 1.29 is 19.9 Å². The van der Waals surface area contributed by atoms with Gasteiger partial charge in [-0.25, -0.2) is 20.2 Å². The van der Waals surface area contributed by atoms with Gasteiger partial charge in [0.25, 0.3) is 5.91 Å². The van der Waals surface area contributed by atoms with Crippen LogP contribution in [0.1, 0.15) is 62.7 Å². The molecule has 0 atom stereocenters. The number of thiazole rings is 1. The highest BCUT2D eigenvalue weighted by Crippen LogP contribution is 2.48. The second kappa shape index (κ2) is 8.09. The number of pyridine rings is 1. The van der Waals surface area contributed by atoms with Crippen LogP contribution in [0.2, 0.25) is 0 Å². The molecule has 9 heteroatoms. The Labute approximate surface area is 193 Å². The molecule has 3 N–H and O–H groups in total. The third-order valence-corrected chi connectivity index (χ3v) is 7.51. The molecule has 1 aliphatic rings. The number of carbonyl (C=O) groups excluding carboxylic acids is 1. The fourth-order valence-electron chi connectivity index (χ4n) is 4.82. The minimum absolute atomic E-state index is 0.196. The van der Waals surface area contributed by atoms with Gasteiger partial charge in [-0.15, -0.1) is 11.3 Å². The molecule has 1 saturated carbocycles. The predicted octanol–water partition coefficient (Wildman–Crippen LogP) is 4.44. The zero-order chi connectivity index (χ0) is 23.2. The highest BCUT2D eigenvalue weighted by molar-refractivity contribution is 7.10. The summed E-state index contributed by atoms with van der Waals surface area (Å²) in [5.41, 5.74) is 6.18. The lowest BCUT2D eigenvalue weighted by Crippen LogP contribution is -2.24. The van der Waals surface area contributed by atoms with Gasteiger partial charge in [-0.05, 0) is 49.6 Å². The maximum absolute atomic E-state index is 11.7. The molecular formula is C24H22N4O4S. The van der Waals surface area contributed by atoms with Crippen LogP contribution in [0.25, 0.3) is 17.0 Å². The number of rotatable bonds is 5. The molecule has 0 aliphatic heterocycles. The van der Waals surface area contributed by atoms with Crippen molar-refractivity contribution in [3.8, 4) is 11.4 Å². The molecule has 1 fully saturated rings. The van der Waals surface area contributed by atoms with Crippen molar-refractivity contribution in [2.24, 2.45) is 0 Å². The zero-order valence-electron chi connectivity index (χ0n) is 17.9. The van der Waals surface area contributed by atoms with Crippen LogP contribution in [0.3, 0.4) is 0 Å². The first-order valence-corrected chi connectivity index (χ1v) is 11.5. The van der Waals surface area contributed by atoms with E-state index < -0.39 is 11.9 Å². The number of carbonyl (C=O) groups is 2. The third kappa shape index (κ3) is 3.49. The first kappa shape index (κ1) is 21.3. The minimum atomic E-state index is -0.985. The number of aromatic carboxylic acids is 1. The van der Waals surface area contributed by atoms with Gasteiger partial charge in [-0.2, -0.15) is 0 Å². The van der Waals surface area contributed by atoms with Crippen LogP contribution >= 0.6 is 11.3 Å². The van der Waals surface area contributed by atoms with Crippen LogP contribution in [0.15, 0.2) is 48.0 Å². The number of nitrogens with one attached hydrogen (secondary N) is 1. The molecule has 0 spiro atoms. The second-order valence-corrected chi connectivity index (χ2v) is 9.20. The molecule has 5 rings (SSSR count). The molecule has 0 bridgehead atoms. The molecule has 33 heavy (non-hydrogen) atoms. The van der Waals surface area contributed by atoms with Crippen LogP contribution in [-0.4, -0.2) is 36.6 Å².